The molecule has 3 rings (SSSR count). The molecule has 106 valence electrons. The molecular weight excluding hydrogens is 268 g/mol. The lowest BCUT2D eigenvalue weighted by Crippen LogP contribution is -2.21. The van der Waals surface area contributed by atoms with Crippen LogP contribution in [0.15, 0.2) is 30.3 Å². The zero-order valence-corrected chi connectivity index (χ0v) is 12.4. The first kappa shape index (κ1) is 13.7. The summed E-state index contributed by atoms with van der Waals surface area (Å²) in [6, 6.07) is 10.4. The molecule has 1 unspecified atom stereocenters. The Balaban J connectivity index is 1.81. The van der Waals surface area contributed by atoms with Crippen LogP contribution in [0.3, 0.4) is 0 Å². The third kappa shape index (κ3) is 3.08. The standard InChI is InChI=1S/C16H20N2OS/c17-11-14-16(12-6-2-1-3-7-12)20-15(18-14)10-13-8-4-5-9-19-13/h1-3,6-7,13H,4-5,8-11,17H2. The Bertz CT molecular complexity index is 547. The van der Waals surface area contributed by atoms with Gasteiger partial charge in [0.1, 0.15) is 0 Å². The molecule has 0 radical (unpaired) electrons. The molecule has 1 aromatic heterocycles. The van der Waals surface area contributed by atoms with Gasteiger partial charge in [-0.15, -0.1) is 11.3 Å². The highest BCUT2D eigenvalue weighted by atomic mass is 32.1. The average molecular weight is 288 g/mol. The number of benzene rings is 1. The SMILES string of the molecule is NCc1nc(CC2CCCCO2)sc1-c1ccccc1. The van der Waals surface area contributed by atoms with E-state index in [0.717, 1.165) is 30.2 Å². The smallest absolute Gasteiger partial charge is 0.0961 e. The lowest BCUT2D eigenvalue weighted by Gasteiger charge is -2.21. The van der Waals surface area contributed by atoms with E-state index in [-0.39, 0.29) is 0 Å². The number of nitrogens with two attached hydrogens (primary N) is 1. The molecular formula is C16H20N2OS. The van der Waals surface area contributed by atoms with Crippen LogP contribution >= 0.6 is 11.3 Å². The van der Waals surface area contributed by atoms with Crippen molar-refractivity contribution >= 4 is 11.3 Å². The van der Waals surface area contributed by atoms with Crippen LogP contribution in [0.25, 0.3) is 10.4 Å². The predicted octanol–water partition coefficient (Wildman–Crippen LogP) is 3.38. The van der Waals surface area contributed by atoms with Crippen LogP contribution in [0, 0.1) is 0 Å². The summed E-state index contributed by atoms with van der Waals surface area (Å²) >= 11 is 1.76. The van der Waals surface area contributed by atoms with Crippen molar-refractivity contribution in [2.24, 2.45) is 5.73 Å². The first-order valence-electron chi connectivity index (χ1n) is 7.22. The van der Waals surface area contributed by atoms with Crippen molar-refractivity contribution in [2.75, 3.05) is 6.61 Å². The Kier molecular flexibility index (Phi) is 4.45. The first-order chi connectivity index (χ1) is 9.86. The third-order valence-corrected chi connectivity index (χ3v) is 4.82. The molecule has 0 aliphatic carbocycles. The Hall–Kier alpha value is -1.23. The van der Waals surface area contributed by atoms with E-state index in [4.69, 9.17) is 15.5 Å². The van der Waals surface area contributed by atoms with Gasteiger partial charge < -0.3 is 10.5 Å². The van der Waals surface area contributed by atoms with E-state index in [0.29, 0.717) is 12.6 Å². The van der Waals surface area contributed by atoms with Crippen LogP contribution in [-0.2, 0) is 17.7 Å². The second-order valence-electron chi connectivity index (χ2n) is 5.15. The number of hydrogen-bond donors (Lipinski definition) is 1. The summed E-state index contributed by atoms with van der Waals surface area (Å²) in [6.45, 7) is 1.39. The van der Waals surface area contributed by atoms with Gasteiger partial charge in [0.05, 0.1) is 21.7 Å². The van der Waals surface area contributed by atoms with Crippen molar-refractivity contribution in [3.63, 3.8) is 0 Å². The van der Waals surface area contributed by atoms with Crippen molar-refractivity contribution in [2.45, 2.75) is 38.3 Å². The Labute approximate surface area is 123 Å². The number of thiazole rings is 1. The summed E-state index contributed by atoms with van der Waals surface area (Å²) in [5.74, 6) is 0. The Morgan fingerprint density at radius 3 is 2.80 bits per heavy atom. The fourth-order valence-corrected chi connectivity index (χ4v) is 3.77. The number of hydrogen-bond acceptors (Lipinski definition) is 4. The van der Waals surface area contributed by atoms with E-state index < -0.39 is 0 Å². The molecule has 3 nitrogen and oxygen atoms in total. The van der Waals surface area contributed by atoms with E-state index in [1.54, 1.807) is 11.3 Å². The minimum absolute atomic E-state index is 0.337. The van der Waals surface area contributed by atoms with Crippen LogP contribution in [0.5, 0.6) is 0 Å². The van der Waals surface area contributed by atoms with Gasteiger partial charge in [0.15, 0.2) is 0 Å². The highest BCUT2D eigenvalue weighted by molar-refractivity contribution is 7.15. The quantitative estimate of drug-likeness (QED) is 0.938. The van der Waals surface area contributed by atoms with E-state index in [9.17, 15) is 0 Å². The lowest BCUT2D eigenvalue weighted by molar-refractivity contribution is 0.0167. The van der Waals surface area contributed by atoms with Gasteiger partial charge in [0.25, 0.3) is 0 Å². The monoisotopic (exact) mass is 288 g/mol. The predicted molar refractivity (Wildman–Crippen MR) is 82.7 cm³/mol. The van der Waals surface area contributed by atoms with Gasteiger partial charge in [0.2, 0.25) is 0 Å². The molecule has 1 atom stereocenters. The van der Waals surface area contributed by atoms with Crippen molar-refractivity contribution in [3.8, 4) is 10.4 Å². The second kappa shape index (κ2) is 6.48. The third-order valence-electron chi connectivity index (χ3n) is 3.65. The summed E-state index contributed by atoms with van der Waals surface area (Å²) in [4.78, 5) is 5.92. The van der Waals surface area contributed by atoms with E-state index in [2.05, 4.69) is 24.3 Å². The molecule has 1 aliphatic rings. The molecule has 1 aromatic carbocycles. The van der Waals surface area contributed by atoms with E-state index in [1.807, 2.05) is 6.07 Å². The molecule has 20 heavy (non-hydrogen) atoms. The molecule has 1 fully saturated rings. The average Bonchev–Trinajstić information content (AvgIpc) is 2.92. The summed E-state index contributed by atoms with van der Waals surface area (Å²) in [5.41, 5.74) is 8.06. The Morgan fingerprint density at radius 1 is 1.25 bits per heavy atom. The maximum Gasteiger partial charge on any atom is 0.0961 e. The van der Waals surface area contributed by atoms with Crippen LogP contribution in [-0.4, -0.2) is 17.7 Å². The fraction of sp³-hybridized carbons (Fsp3) is 0.438. The van der Waals surface area contributed by atoms with Crippen LogP contribution in [0.4, 0.5) is 0 Å². The van der Waals surface area contributed by atoms with Crippen LogP contribution in [0.1, 0.15) is 30.0 Å². The normalized spacial score (nSPS) is 19.1. The molecule has 0 amide bonds. The fourth-order valence-electron chi connectivity index (χ4n) is 2.60. The molecule has 4 heteroatoms. The first-order valence-corrected chi connectivity index (χ1v) is 8.04. The highest BCUT2D eigenvalue weighted by Gasteiger charge is 2.18. The summed E-state index contributed by atoms with van der Waals surface area (Å²) in [5, 5.41) is 1.15. The van der Waals surface area contributed by atoms with Crippen molar-refractivity contribution in [1.29, 1.82) is 0 Å². The van der Waals surface area contributed by atoms with E-state index >= 15 is 0 Å². The van der Waals surface area contributed by atoms with Crippen molar-refractivity contribution < 1.29 is 4.74 Å². The van der Waals surface area contributed by atoms with Crippen molar-refractivity contribution in [1.82, 2.24) is 4.98 Å². The van der Waals surface area contributed by atoms with Gasteiger partial charge in [-0.2, -0.15) is 0 Å². The molecule has 1 saturated heterocycles. The lowest BCUT2D eigenvalue weighted by atomic mass is 10.1. The van der Waals surface area contributed by atoms with Gasteiger partial charge >= 0.3 is 0 Å². The Morgan fingerprint density at radius 2 is 2.10 bits per heavy atom. The summed E-state index contributed by atoms with van der Waals surface area (Å²) < 4.78 is 5.81. The summed E-state index contributed by atoms with van der Waals surface area (Å²) in [7, 11) is 0. The largest absolute Gasteiger partial charge is 0.378 e. The maximum absolute atomic E-state index is 5.85. The highest BCUT2D eigenvalue weighted by Crippen LogP contribution is 2.31. The zero-order chi connectivity index (χ0) is 13.8. The number of aromatic nitrogens is 1. The van der Waals surface area contributed by atoms with E-state index in [1.165, 1.54) is 23.3 Å². The van der Waals surface area contributed by atoms with Gasteiger partial charge in [-0.3, -0.25) is 0 Å². The van der Waals surface area contributed by atoms with Crippen LogP contribution < -0.4 is 5.73 Å². The molecule has 2 aromatic rings. The van der Waals surface area contributed by atoms with Gasteiger partial charge in [-0.25, -0.2) is 4.98 Å². The second-order valence-corrected chi connectivity index (χ2v) is 6.23. The minimum Gasteiger partial charge on any atom is -0.378 e. The molecule has 2 heterocycles. The minimum atomic E-state index is 0.337. The maximum atomic E-state index is 5.85. The number of rotatable bonds is 4. The molecule has 0 spiro atoms. The van der Waals surface area contributed by atoms with Gasteiger partial charge in [-0.05, 0) is 24.8 Å². The number of ether oxygens (including phenoxy) is 1. The van der Waals surface area contributed by atoms with Gasteiger partial charge in [-0.1, -0.05) is 30.3 Å². The van der Waals surface area contributed by atoms with Crippen LogP contribution in [0.2, 0.25) is 0 Å². The summed E-state index contributed by atoms with van der Waals surface area (Å²) in [6.07, 6.45) is 4.87. The number of nitrogens with zero attached hydrogens (tertiary/aromatic N) is 1. The molecule has 1 aliphatic heterocycles. The van der Waals surface area contributed by atoms with Gasteiger partial charge in [0, 0.05) is 19.6 Å². The molecule has 0 bridgehead atoms. The van der Waals surface area contributed by atoms with Crippen molar-refractivity contribution in [3.05, 3.63) is 41.0 Å². The topological polar surface area (TPSA) is 48.1 Å². The molecule has 0 saturated carbocycles. The molecule has 2 N–H and O–H groups in total. The zero-order valence-electron chi connectivity index (χ0n) is 11.5.